The molecule has 2 atom stereocenters. The minimum atomic E-state index is -1.21. The fourth-order valence-corrected chi connectivity index (χ4v) is 3.79. The van der Waals surface area contributed by atoms with Gasteiger partial charge in [0.25, 0.3) is 11.8 Å². The molecule has 170 valence electrons. The van der Waals surface area contributed by atoms with Crippen LogP contribution in [-0.2, 0) is 14.3 Å². The van der Waals surface area contributed by atoms with Gasteiger partial charge < -0.3 is 15.0 Å². The van der Waals surface area contributed by atoms with Gasteiger partial charge in [-0.2, -0.15) is 0 Å². The molecule has 8 heteroatoms. The number of amides is 2. The first kappa shape index (κ1) is 22.4. The van der Waals surface area contributed by atoms with E-state index in [-0.39, 0.29) is 17.8 Å². The molecule has 2 aromatic carbocycles. The van der Waals surface area contributed by atoms with E-state index in [1.165, 1.54) is 29.3 Å². The number of benzene rings is 2. The third kappa shape index (κ3) is 4.69. The Morgan fingerprint density at radius 3 is 2.55 bits per heavy atom. The lowest BCUT2D eigenvalue weighted by Gasteiger charge is -2.24. The maximum atomic E-state index is 14.4. The van der Waals surface area contributed by atoms with E-state index in [9.17, 15) is 18.8 Å². The average Bonchev–Trinajstić information content (AvgIpc) is 3.08. The van der Waals surface area contributed by atoms with Gasteiger partial charge >= 0.3 is 5.97 Å². The first-order valence-electron chi connectivity index (χ1n) is 10.6. The number of hydrogen-bond acceptors (Lipinski definition) is 5. The largest absolute Gasteiger partial charge is 0.460 e. The fraction of sp³-hybridized carbons (Fsp3) is 0.280. The minimum Gasteiger partial charge on any atom is -0.460 e. The van der Waals surface area contributed by atoms with E-state index < -0.39 is 41.2 Å². The second-order valence-corrected chi connectivity index (χ2v) is 8.91. The molecule has 0 aliphatic carbocycles. The number of esters is 1. The summed E-state index contributed by atoms with van der Waals surface area (Å²) in [4.78, 5) is 44.6. The number of anilines is 1. The summed E-state index contributed by atoms with van der Waals surface area (Å²) in [5, 5.41) is 3.42. The van der Waals surface area contributed by atoms with E-state index in [1.807, 2.05) is 24.3 Å². The van der Waals surface area contributed by atoms with Gasteiger partial charge in [-0.15, -0.1) is 0 Å². The van der Waals surface area contributed by atoms with E-state index in [4.69, 9.17) is 4.74 Å². The van der Waals surface area contributed by atoms with Crippen LogP contribution in [0.4, 0.5) is 10.1 Å². The van der Waals surface area contributed by atoms with Gasteiger partial charge in [0.15, 0.2) is 0 Å². The summed E-state index contributed by atoms with van der Waals surface area (Å²) in [7, 11) is 0. The molecule has 2 amide bonds. The molecule has 0 bridgehead atoms. The Bertz CT molecular complexity index is 1240. The van der Waals surface area contributed by atoms with Gasteiger partial charge in [0, 0.05) is 18.1 Å². The molecule has 1 N–H and O–H groups in total. The standard InChI is InChI=1S/C25H24FN3O4/c1-25(2,3)33-24(32)17-14-29(20-11-7-5-9-18(20)26)23(31)21(17)28-22(30)16-12-15-8-4-6-10-19(15)27-13-16/h4-13,17,21H,14H2,1-3H3,(H,28,30). The number of carbonyl (C=O) groups excluding carboxylic acids is 3. The molecule has 7 nitrogen and oxygen atoms in total. The van der Waals surface area contributed by atoms with Crippen molar-refractivity contribution in [3.63, 3.8) is 0 Å². The zero-order chi connectivity index (χ0) is 23.8. The predicted molar refractivity (Wildman–Crippen MR) is 121 cm³/mol. The number of ether oxygens (including phenoxy) is 1. The fourth-order valence-electron chi connectivity index (χ4n) is 3.79. The van der Waals surface area contributed by atoms with Crippen molar-refractivity contribution < 1.29 is 23.5 Å². The Morgan fingerprint density at radius 1 is 1.12 bits per heavy atom. The summed E-state index contributed by atoms with van der Waals surface area (Å²) in [6.45, 7) is 5.02. The summed E-state index contributed by atoms with van der Waals surface area (Å²) in [5.41, 5.74) is 0.222. The Labute approximate surface area is 190 Å². The van der Waals surface area contributed by atoms with Gasteiger partial charge in [-0.3, -0.25) is 19.4 Å². The monoisotopic (exact) mass is 449 g/mol. The van der Waals surface area contributed by atoms with Crippen molar-refractivity contribution in [3.05, 3.63) is 72.2 Å². The Kier molecular flexibility index (Phi) is 5.84. The number of fused-ring (bicyclic) bond motifs is 1. The van der Waals surface area contributed by atoms with Gasteiger partial charge in [0.1, 0.15) is 23.4 Å². The molecule has 33 heavy (non-hydrogen) atoms. The number of carbonyl (C=O) groups is 3. The minimum absolute atomic E-state index is 0.0418. The van der Waals surface area contributed by atoms with Crippen LogP contribution in [0.2, 0.25) is 0 Å². The highest BCUT2D eigenvalue weighted by Gasteiger charge is 2.48. The predicted octanol–water partition coefficient (Wildman–Crippen LogP) is 3.48. The molecule has 2 unspecified atom stereocenters. The number of hydrogen-bond donors (Lipinski definition) is 1. The summed E-state index contributed by atoms with van der Waals surface area (Å²) < 4.78 is 19.9. The molecular weight excluding hydrogens is 425 g/mol. The summed E-state index contributed by atoms with van der Waals surface area (Å²) in [5.74, 6) is -3.39. The summed E-state index contributed by atoms with van der Waals surface area (Å²) >= 11 is 0. The van der Waals surface area contributed by atoms with E-state index in [2.05, 4.69) is 10.3 Å². The molecule has 2 heterocycles. The van der Waals surface area contributed by atoms with E-state index in [0.29, 0.717) is 0 Å². The van der Waals surface area contributed by atoms with Crippen LogP contribution in [0.3, 0.4) is 0 Å². The number of rotatable bonds is 4. The van der Waals surface area contributed by atoms with Crippen molar-refractivity contribution in [2.24, 2.45) is 5.92 Å². The lowest BCUT2D eigenvalue weighted by Crippen LogP contribution is -2.47. The van der Waals surface area contributed by atoms with Crippen LogP contribution in [0.1, 0.15) is 31.1 Å². The Hall–Kier alpha value is -3.81. The van der Waals surface area contributed by atoms with Crippen LogP contribution in [0, 0.1) is 11.7 Å². The van der Waals surface area contributed by atoms with Gasteiger partial charge in [-0.25, -0.2) is 4.39 Å². The molecular formula is C25H24FN3O4. The molecule has 1 aliphatic rings. The number of nitrogens with zero attached hydrogens (tertiary/aromatic N) is 2. The van der Waals surface area contributed by atoms with E-state index >= 15 is 0 Å². The molecule has 0 radical (unpaired) electrons. The lowest BCUT2D eigenvalue weighted by molar-refractivity contribution is -0.160. The third-order valence-corrected chi connectivity index (χ3v) is 5.31. The maximum absolute atomic E-state index is 14.4. The van der Waals surface area contributed by atoms with Gasteiger partial charge in [-0.05, 0) is 45.0 Å². The van der Waals surface area contributed by atoms with Crippen molar-refractivity contribution in [2.45, 2.75) is 32.4 Å². The SMILES string of the molecule is CC(C)(C)OC(=O)C1CN(c2ccccc2F)C(=O)C1NC(=O)c1cnc2ccccc2c1. The number of para-hydroxylation sites is 2. The smallest absolute Gasteiger partial charge is 0.313 e. The molecule has 3 aromatic rings. The lowest BCUT2D eigenvalue weighted by atomic mass is 10.0. The first-order valence-corrected chi connectivity index (χ1v) is 10.6. The first-order chi connectivity index (χ1) is 15.6. The normalized spacial score (nSPS) is 18.4. The van der Waals surface area contributed by atoms with Crippen LogP contribution in [0.5, 0.6) is 0 Å². The molecule has 1 aromatic heterocycles. The summed E-state index contributed by atoms with van der Waals surface area (Å²) in [6, 6.07) is 13.6. The van der Waals surface area contributed by atoms with Gasteiger partial charge in [0.2, 0.25) is 0 Å². The number of nitrogens with one attached hydrogen (secondary N) is 1. The van der Waals surface area contributed by atoms with Crippen molar-refractivity contribution >= 4 is 34.4 Å². The van der Waals surface area contributed by atoms with Crippen molar-refractivity contribution in [1.29, 1.82) is 0 Å². The highest BCUT2D eigenvalue weighted by atomic mass is 19.1. The van der Waals surface area contributed by atoms with Gasteiger partial charge in [0.05, 0.1) is 16.8 Å². The van der Waals surface area contributed by atoms with Crippen LogP contribution in [0.25, 0.3) is 10.9 Å². The third-order valence-electron chi connectivity index (χ3n) is 5.31. The molecule has 4 rings (SSSR count). The van der Waals surface area contributed by atoms with Gasteiger partial charge in [-0.1, -0.05) is 30.3 Å². The molecule has 1 fully saturated rings. The quantitative estimate of drug-likeness (QED) is 0.616. The average molecular weight is 449 g/mol. The number of halogens is 1. The highest BCUT2D eigenvalue weighted by Crippen LogP contribution is 2.29. The Morgan fingerprint density at radius 2 is 1.82 bits per heavy atom. The second-order valence-electron chi connectivity index (χ2n) is 8.91. The zero-order valence-electron chi connectivity index (χ0n) is 18.5. The van der Waals surface area contributed by atoms with Crippen LogP contribution in [0.15, 0.2) is 60.8 Å². The van der Waals surface area contributed by atoms with Crippen molar-refractivity contribution in [1.82, 2.24) is 10.3 Å². The Balaban J connectivity index is 1.64. The van der Waals surface area contributed by atoms with Crippen molar-refractivity contribution in [3.8, 4) is 0 Å². The maximum Gasteiger partial charge on any atom is 0.313 e. The molecule has 1 aliphatic heterocycles. The van der Waals surface area contributed by atoms with E-state index in [0.717, 1.165) is 10.9 Å². The molecule has 0 spiro atoms. The van der Waals surface area contributed by atoms with Crippen LogP contribution >= 0.6 is 0 Å². The molecule has 0 saturated carbocycles. The van der Waals surface area contributed by atoms with E-state index in [1.54, 1.807) is 32.9 Å². The van der Waals surface area contributed by atoms with Crippen LogP contribution in [-0.4, -0.2) is 41.0 Å². The van der Waals surface area contributed by atoms with Crippen molar-refractivity contribution in [2.75, 3.05) is 11.4 Å². The number of pyridine rings is 1. The number of aromatic nitrogens is 1. The highest BCUT2D eigenvalue weighted by molar-refractivity contribution is 6.07. The summed E-state index contributed by atoms with van der Waals surface area (Å²) in [6.07, 6.45) is 1.41. The second kappa shape index (κ2) is 8.61. The zero-order valence-corrected chi connectivity index (χ0v) is 18.5. The molecule has 1 saturated heterocycles. The van der Waals surface area contributed by atoms with Crippen LogP contribution < -0.4 is 10.2 Å². The topological polar surface area (TPSA) is 88.6 Å².